The maximum atomic E-state index is 13.0. The predicted molar refractivity (Wildman–Crippen MR) is 125 cm³/mol. The lowest BCUT2D eigenvalue weighted by atomic mass is 10.1. The van der Waals surface area contributed by atoms with Crippen LogP contribution < -0.4 is 5.11 Å². The van der Waals surface area contributed by atoms with E-state index in [9.17, 15) is 24.8 Å². The summed E-state index contributed by atoms with van der Waals surface area (Å²) in [5.41, 5.74) is 1.31. The molecule has 166 valence electrons. The fourth-order valence-electron chi connectivity index (χ4n) is 3.43. The lowest BCUT2D eigenvalue weighted by molar-refractivity contribution is -0.384. The first-order chi connectivity index (χ1) is 15.8. The van der Waals surface area contributed by atoms with Crippen molar-refractivity contribution in [2.45, 2.75) is 13.0 Å². The van der Waals surface area contributed by atoms with Gasteiger partial charge in [-0.1, -0.05) is 60.4 Å². The topological polar surface area (TPSA) is 117 Å². The second-order valence-corrected chi connectivity index (χ2v) is 8.84. The van der Waals surface area contributed by atoms with Gasteiger partial charge in [-0.05, 0) is 36.2 Å². The van der Waals surface area contributed by atoms with Gasteiger partial charge in [-0.3, -0.25) is 19.8 Å². The van der Waals surface area contributed by atoms with Gasteiger partial charge in [0.05, 0.1) is 21.4 Å². The van der Waals surface area contributed by atoms with Crippen molar-refractivity contribution in [1.29, 1.82) is 0 Å². The summed E-state index contributed by atoms with van der Waals surface area (Å²) in [7, 11) is 0. The van der Waals surface area contributed by atoms with Gasteiger partial charge in [-0.15, -0.1) is 0 Å². The predicted octanol–water partition coefficient (Wildman–Crippen LogP) is 3.86. The monoisotopic (exact) mass is 479 g/mol. The number of nitro groups is 1. The Morgan fingerprint density at radius 3 is 2.58 bits per heavy atom. The lowest BCUT2D eigenvalue weighted by Crippen LogP contribution is -2.43. The molecule has 0 bridgehead atoms. The molecule has 1 aliphatic heterocycles. The quantitative estimate of drug-likeness (QED) is 0.226. The molecule has 1 unspecified atom stereocenters. The average Bonchev–Trinajstić information content (AvgIpc) is 3.34. The second kappa shape index (κ2) is 9.00. The first kappa shape index (κ1) is 22.4. The highest BCUT2D eigenvalue weighted by Gasteiger charge is 2.38. The molecule has 1 saturated heterocycles. The van der Waals surface area contributed by atoms with Crippen LogP contribution >= 0.6 is 24.0 Å². The van der Waals surface area contributed by atoms with E-state index in [0.717, 1.165) is 22.2 Å². The molecule has 3 aromatic rings. The maximum Gasteiger partial charge on any atom is 0.280 e. The molecule has 2 heterocycles. The number of aliphatic carboxylic acids is 1. The van der Waals surface area contributed by atoms with Gasteiger partial charge in [-0.25, -0.2) is 0 Å². The first-order valence-electron chi connectivity index (χ1n) is 9.64. The Kier molecular flexibility index (Phi) is 6.12. The molecule has 1 fully saturated rings. The Bertz CT molecular complexity index is 1320. The number of carboxylic acid groups (broad SMARTS) is 1. The van der Waals surface area contributed by atoms with Crippen molar-refractivity contribution in [2.24, 2.45) is 0 Å². The highest BCUT2D eigenvalue weighted by atomic mass is 32.2. The molecule has 1 aliphatic rings. The fraction of sp³-hybridized carbons (Fsp3) is 0.0870. The Labute approximate surface area is 197 Å². The standard InChI is InChI=1S/C23H16N2O6S2/c1-13-7-9-16(17(11-13)25(29)30)18-10-8-15(31-18)12-19-21(26)24(23(32)33-19)20(22(27)28)14-5-3-2-4-6-14/h2-12,20H,1H3,(H,27,28)/p-1. The van der Waals surface area contributed by atoms with E-state index in [-0.39, 0.29) is 26.4 Å². The summed E-state index contributed by atoms with van der Waals surface area (Å²) in [6, 6.07) is 14.8. The van der Waals surface area contributed by atoms with Gasteiger partial charge in [0, 0.05) is 12.1 Å². The van der Waals surface area contributed by atoms with Crippen LogP contribution in [0.2, 0.25) is 0 Å². The van der Waals surface area contributed by atoms with Crippen LogP contribution in [-0.4, -0.2) is 26.0 Å². The molecule has 0 saturated carbocycles. The lowest BCUT2D eigenvalue weighted by Gasteiger charge is -2.27. The number of thioether (sulfide) groups is 1. The van der Waals surface area contributed by atoms with E-state index in [0.29, 0.717) is 11.1 Å². The summed E-state index contributed by atoms with van der Waals surface area (Å²) in [6.45, 7) is 1.75. The Morgan fingerprint density at radius 2 is 1.91 bits per heavy atom. The molecule has 1 aromatic heterocycles. The van der Waals surface area contributed by atoms with E-state index in [1.54, 1.807) is 61.5 Å². The number of carboxylic acids is 1. The number of hydrogen-bond donors (Lipinski definition) is 0. The van der Waals surface area contributed by atoms with Gasteiger partial charge in [0.1, 0.15) is 21.9 Å². The normalized spacial score (nSPS) is 15.8. The number of carbonyl (C=O) groups is 2. The smallest absolute Gasteiger partial charge is 0.280 e. The molecule has 1 atom stereocenters. The van der Waals surface area contributed by atoms with E-state index < -0.39 is 22.8 Å². The number of amides is 1. The average molecular weight is 480 g/mol. The molecular formula is C23H15N2O6S2-. The van der Waals surface area contributed by atoms with Crippen LogP contribution in [-0.2, 0) is 9.59 Å². The third-order valence-corrected chi connectivity index (χ3v) is 6.27. The molecule has 0 spiro atoms. The number of hydrogen-bond acceptors (Lipinski definition) is 8. The maximum absolute atomic E-state index is 13.0. The summed E-state index contributed by atoms with van der Waals surface area (Å²) >= 11 is 6.22. The zero-order valence-corrected chi connectivity index (χ0v) is 18.7. The SMILES string of the molecule is Cc1ccc(-c2ccc(C=C3SC(=S)N(C(C(=O)[O-])c4ccccc4)C3=O)o2)c([N+](=O)[O-])c1. The molecule has 1 amide bonds. The molecule has 2 aromatic carbocycles. The largest absolute Gasteiger partial charge is 0.547 e. The van der Waals surface area contributed by atoms with Crippen LogP contribution in [0, 0.1) is 17.0 Å². The van der Waals surface area contributed by atoms with Crippen molar-refractivity contribution in [3.8, 4) is 11.3 Å². The van der Waals surface area contributed by atoms with Crippen molar-refractivity contribution >= 4 is 51.9 Å². The van der Waals surface area contributed by atoms with E-state index in [1.165, 1.54) is 12.1 Å². The van der Waals surface area contributed by atoms with Gasteiger partial charge in [0.15, 0.2) is 0 Å². The first-order valence-corrected chi connectivity index (χ1v) is 10.9. The van der Waals surface area contributed by atoms with Crippen molar-refractivity contribution in [1.82, 2.24) is 4.90 Å². The van der Waals surface area contributed by atoms with Gasteiger partial charge in [0.25, 0.3) is 11.6 Å². The number of benzene rings is 2. The minimum Gasteiger partial charge on any atom is -0.547 e. The van der Waals surface area contributed by atoms with Crippen molar-refractivity contribution in [3.05, 3.63) is 92.6 Å². The van der Waals surface area contributed by atoms with Crippen molar-refractivity contribution in [3.63, 3.8) is 0 Å². The number of carbonyl (C=O) groups excluding carboxylic acids is 2. The van der Waals surface area contributed by atoms with Gasteiger partial charge < -0.3 is 14.3 Å². The summed E-state index contributed by atoms with van der Waals surface area (Å²) in [6.07, 6.45) is 1.43. The summed E-state index contributed by atoms with van der Waals surface area (Å²) in [5.74, 6) is -1.52. The van der Waals surface area contributed by atoms with Gasteiger partial charge in [0.2, 0.25) is 0 Å². The van der Waals surface area contributed by atoms with E-state index in [4.69, 9.17) is 16.6 Å². The number of nitrogens with zero attached hydrogens (tertiary/aromatic N) is 2. The zero-order chi connectivity index (χ0) is 23.7. The Hall–Kier alpha value is -3.76. The third kappa shape index (κ3) is 4.43. The van der Waals surface area contributed by atoms with Crippen molar-refractivity contribution < 1.29 is 24.0 Å². The molecule has 33 heavy (non-hydrogen) atoms. The molecular weight excluding hydrogens is 464 g/mol. The number of thiocarbonyl (C=S) groups is 1. The molecule has 0 radical (unpaired) electrons. The van der Waals surface area contributed by atoms with Crippen LogP contribution in [0.1, 0.15) is 22.9 Å². The van der Waals surface area contributed by atoms with E-state index in [1.807, 2.05) is 0 Å². The molecule has 10 heteroatoms. The van der Waals surface area contributed by atoms with E-state index >= 15 is 0 Å². The Balaban J connectivity index is 1.65. The highest BCUT2D eigenvalue weighted by molar-refractivity contribution is 8.26. The number of aryl methyl sites for hydroxylation is 1. The molecule has 0 N–H and O–H groups in total. The van der Waals surface area contributed by atoms with E-state index in [2.05, 4.69) is 0 Å². The number of nitro benzene ring substituents is 1. The van der Waals surface area contributed by atoms with Gasteiger partial charge in [-0.2, -0.15) is 0 Å². The minimum absolute atomic E-state index is 0.0743. The van der Waals surface area contributed by atoms with Crippen LogP contribution in [0.25, 0.3) is 17.4 Å². The molecule has 0 aliphatic carbocycles. The highest BCUT2D eigenvalue weighted by Crippen LogP contribution is 2.39. The number of rotatable bonds is 6. The van der Waals surface area contributed by atoms with Crippen LogP contribution in [0.5, 0.6) is 0 Å². The Morgan fingerprint density at radius 1 is 1.18 bits per heavy atom. The van der Waals surface area contributed by atoms with Crippen LogP contribution in [0.15, 0.2) is 70.0 Å². The van der Waals surface area contributed by atoms with Crippen molar-refractivity contribution in [2.75, 3.05) is 0 Å². The molecule has 8 nitrogen and oxygen atoms in total. The summed E-state index contributed by atoms with van der Waals surface area (Å²) < 4.78 is 5.81. The second-order valence-electron chi connectivity index (χ2n) is 7.16. The minimum atomic E-state index is -1.45. The zero-order valence-electron chi connectivity index (χ0n) is 17.1. The summed E-state index contributed by atoms with van der Waals surface area (Å²) in [5, 5.41) is 23.3. The third-order valence-electron chi connectivity index (χ3n) is 4.94. The summed E-state index contributed by atoms with van der Waals surface area (Å²) in [4.78, 5) is 37.0. The van der Waals surface area contributed by atoms with Crippen LogP contribution in [0.4, 0.5) is 5.69 Å². The fourth-order valence-corrected chi connectivity index (χ4v) is 4.73. The van der Waals surface area contributed by atoms with Gasteiger partial charge >= 0.3 is 0 Å². The van der Waals surface area contributed by atoms with Crippen LogP contribution in [0.3, 0.4) is 0 Å². The molecule has 4 rings (SSSR count). The number of furan rings is 1.